The lowest BCUT2D eigenvalue weighted by Crippen LogP contribution is -3.08. The molecule has 5 heteroatoms. The maximum Gasteiger partial charge on any atom is 0.206 e. The molecule has 1 aromatic heterocycles. The molecule has 94 valence electrons. The Bertz CT molecular complexity index is 350. The van der Waals surface area contributed by atoms with Crippen LogP contribution in [0.3, 0.4) is 0 Å². The summed E-state index contributed by atoms with van der Waals surface area (Å²) in [7, 11) is 0. The van der Waals surface area contributed by atoms with Gasteiger partial charge < -0.3 is 4.90 Å². The standard InChI is InChI=1S/C12H21N5/c1-2-6-11(7-3-1)17-12(13-14-15-17)10-16-8-4-5-9-16/h11H,1-10H2/p+1. The van der Waals surface area contributed by atoms with Crippen molar-refractivity contribution in [2.24, 2.45) is 0 Å². The number of nitrogens with zero attached hydrogens (tertiary/aromatic N) is 4. The Morgan fingerprint density at radius 1 is 1.06 bits per heavy atom. The smallest absolute Gasteiger partial charge is 0.206 e. The van der Waals surface area contributed by atoms with E-state index in [2.05, 4.69) is 20.2 Å². The Hall–Kier alpha value is -0.970. The first-order valence-corrected chi connectivity index (χ1v) is 7.04. The molecular weight excluding hydrogens is 214 g/mol. The van der Waals surface area contributed by atoms with Gasteiger partial charge >= 0.3 is 0 Å². The molecule has 0 spiro atoms. The maximum absolute atomic E-state index is 4.24. The van der Waals surface area contributed by atoms with Crippen molar-refractivity contribution >= 4 is 0 Å². The van der Waals surface area contributed by atoms with Gasteiger partial charge in [0.2, 0.25) is 5.82 Å². The van der Waals surface area contributed by atoms with Gasteiger partial charge in [0.1, 0.15) is 6.54 Å². The molecule has 1 aromatic rings. The third-order valence-electron chi connectivity index (χ3n) is 4.20. The van der Waals surface area contributed by atoms with Gasteiger partial charge in [-0.3, -0.25) is 0 Å². The van der Waals surface area contributed by atoms with E-state index in [1.54, 1.807) is 4.90 Å². The molecular formula is C12H22N5+. The largest absolute Gasteiger partial charge is 0.329 e. The van der Waals surface area contributed by atoms with Crippen molar-refractivity contribution in [3.8, 4) is 0 Å². The van der Waals surface area contributed by atoms with Crippen LogP contribution in [0.4, 0.5) is 0 Å². The summed E-state index contributed by atoms with van der Waals surface area (Å²) in [5, 5.41) is 12.3. The van der Waals surface area contributed by atoms with Gasteiger partial charge in [0.25, 0.3) is 0 Å². The SMILES string of the molecule is C1CCC(n2nnnc2C[NH+]2CCCC2)CC1. The molecule has 0 atom stereocenters. The molecule has 2 heterocycles. The number of tetrazole rings is 1. The van der Waals surface area contributed by atoms with Crippen molar-refractivity contribution in [1.29, 1.82) is 0 Å². The van der Waals surface area contributed by atoms with Crippen LogP contribution in [0.2, 0.25) is 0 Å². The van der Waals surface area contributed by atoms with Crippen molar-refractivity contribution in [3.63, 3.8) is 0 Å². The van der Waals surface area contributed by atoms with Gasteiger partial charge in [-0.15, -0.1) is 5.10 Å². The monoisotopic (exact) mass is 236 g/mol. The van der Waals surface area contributed by atoms with Gasteiger partial charge in [0.05, 0.1) is 19.1 Å². The van der Waals surface area contributed by atoms with Crippen LogP contribution in [0.5, 0.6) is 0 Å². The summed E-state index contributed by atoms with van der Waals surface area (Å²) in [6.45, 7) is 3.60. The maximum atomic E-state index is 4.24. The summed E-state index contributed by atoms with van der Waals surface area (Å²) < 4.78 is 2.12. The predicted octanol–water partition coefficient (Wildman–Crippen LogP) is 0.357. The highest BCUT2D eigenvalue weighted by atomic mass is 15.6. The summed E-state index contributed by atoms with van der Waals surface area (Å²) in [6, 6.07) is 0.566. The summed E-state index contributed by atoms with van der Waals surface area (Å²) in [6.07, 6.45) is 9.29. The highest BCUT2D eigenvalue weighted by molar-refractivity contribution is 4.83. The quantitative estimate of drug-likeness (QED) is 0.824. The van der Waals surface area contributed by atoms with Crippen LogP contribution in [0.15, 0.2) is 0 Å². The number of quaternary nitrogens is 1. The van der Waals surface area contributed by atoms with E-state index >= 15 is 0 Å². The number of nitrogens with one attached hydrogen (secondary N) is 1. The van der Waals surface area contributed by atoms with Crippen LogP contribution in [-0.2, 0) is 6.54 Å². The lowest BCUT2D eigenvalue weighted by atomic mass is 9.95. The van der Waals surface area contributed by atoms with E-state index in [-0.39, 0.29) is 0 Å². The Labute approximate surface area is 102 Å². The molecule has 17 heavy (non-hydrogen) atoms. The molecule has 1 saturated heterocycles. The highest BCUT2D eigenvalue weighted by Crippen LogP contribution is 2.27. The number of hydrogen-bond acceptors (Lipinski definition) is 3. The van der Waals surface area contributed by atoms with Gasteiger partial charge in [-0.25, -0.2) is 4.68 Å². The number of likely N-dealkylation sites (tertiary alicyclic amines) is 1. The minimum absolute atomic E-state index is 0.566. The molecule has 2 fully saturated rings. The van der Waals surface area contributed by atoms with Gasteiger partial charge in [-0.1, -0.05) is 19.3 Å². The lowest BCUT2D eigenvalue weighted by Gasteiger charge is -2.22. The summed E-state index contributed by atoms with van der Waals surface area (Å²) in [5.74, 6) is 1.11. The van der Waals surface area contributed by atoms with E-state index in [1.165, 1.54) is 58.0 Å². The molecule has 5 nitrogen and oxygen atoms in total. The number of rotatable bonds is 3. The van der Waals surface area contributed by atoms with Crippen LogP contribution in [-0.4, -0.2) is 33.3 Å². The van der Waals surface area contributed by atoms with Crippen LogP contribution in [0.1, 0.15) is 56.8 Å². The molecule has 0 aromatic carbocycles. The predicted molar refractivity (Wildman–Crippen MR) is 63.6 cm³/mol. The third kappa shape index (κ3) is 2.49. The van der Waals surface area contributed by atoms with Crippen LogP contribution in [0, 0.1) is 0 Å². The molecule has 2 aliphatic rings. The molecule has 1 aliphatic heterocycles. The van der Waals surface area contributed by atoms with Gasteiger partial charge in [0.15, 0.2) is 0 Å². The third-order valence-corrected chi connectivity index (χ3v) is 4.20. The summed E-state index contributed by atoms with van der Waals surface area (Å²) in [4.78, 5) is 1.65. The fourth-order valence-electron chi connectivity index (χ4n) is 3.21. The van der Waals surface area contributed by atoms with Crippen LogP contribution < -0.4 is 4.90 Å². The molecule has 1 saturated carbocycles. The molecule has 0 bridgehead atoms. The van der Waals surface area contributed by atoms with E-state index in [4.69, 9.17) is 0 Å². The van der Waals surface area contributed by atoms with Crippen molar-refractivity contribution in [2.45, 2.75) is 57.5 Å². The molecule has 1 aliphatic carbocycles. The van der Waals surface area contributed by atoms with Crippen molar-refractivity contribution in [1.82, 2.24) is 20.2 Å². The Morgan fingerprint density at radius 2 is 1.82 bits per heavy atom. The summed E-state index contributed by atoms with van der Waals surface area (Å²) >= 11 is 0. The van der Waals surface area contributed by atoms with E-state index in [0.717, 1.165) is 12.4 Å². The van der Waals surface area contributed by atoms with Crippen molar-refractivity contribution in [3.05, 3.63) is 5.82 Å². The van der Waals surface area contributed by atoms with E-state index < -0.39 is 0 Å². The zero-order chi connectivity index (χ0) is 11.5. The fourth-order valence-corrected chi connectivity index (χ4v) is 3.21. The first kappa shape index (κ1) is 11.1. The molecule has 3 rings (SSSR count). The topological polar surface area (TPSA) is 48.0 Å². The van der Waals surface area contributed by atoms with Crippen molar-refractivity contribution < 1.29 is 4.90 Å². The van der Waals surface area contributed by atoms with Gasteiger partial charge in [-0.05, 0) is 23.3 Å². The van der Waals surface area contributed by atoms with Gasteiger partial charge in [-0.2, -0.15) is 0 Å². The average Bonchev–Trinajstić information content (AvgIpc) is 3.02. The number of hydrogen-bond donors (Lipinski definition) is 1. The first-order valence-electron chi connectivity index (χ1n) is 7.04. The highest BCUT2D eigenvalue weighted by Gasteiger charge is 2.24. The van der Waals surface area contributed by atoms with Crippen molar-refractivity contribution in [2.75, 3.05) is 13.1 Å². The van der Waals surface area contributed by atoms with Crippen LogP contribution >= 0.6 is 0 Å². The molecule has 1 N–H and O–H groups in total. The molecule has 0 unspecified atom stereocenters. The Balaban J connectivity index is 1.69. The second-order valence-corrected chi connectivity index (χ2v) is 5.47. The Morgan fingerprint density at radius 3 is 2.59 bits per heavy atom. The van der Waals surface area contributed by atoms with E-state index in [1.807, 2.05) is 0 Å². The van der Waals surface area contributed by atoms with Crippen LogP contribution in [0.25, 0.3) is 0 Å². The fraction of sp³-hybridized carbons (Fsp3) is 0.917. The zero-order valence-electron chi connectivity index (χ0n) is 10.4. The molecule has 0 radical (unpaired) electrons. The minimum atomic E-state index is 0.566. The normalized spacial score (nSPS) is 23.3. The first-order chi connectivity index (χ1) is 8.43. The van der Waals surface area contributed by atoms with Gasteiger partial charge in [0, 0.05) is 12.8 Å². The second kappa shape index (κ2) is 5.12. The number of aromatic nitrogens is 4. The Kier molecular flexibility index (Phi) is 3.36. The second-order valence-electron chi connectivity index (χ2n) is 5.47. The van der Waals surface area contributed by atoms with E-state index in [0.29, 0.717) is 6.04 Å². The molecule has 0 amide bonds. The van der Waals surface area contributed by atoms with E-state index in [9.17, 15) is 0 Å². The lowest BCUT2D eigenvalue weighted by molar-refractivity contribution is -0.902. The average molecular weight is 236 g/mol. The zero-order valence-corrected chi connectivity index (χ0v) is 10.4. The minimum Gasteiger partial charge on any atom is -0.329 e. The summed E-state index contributed by atoms with van der Waals surface area (Å²) in [5.41, 5.74) is 0.